The van der Waals surface area contributed by atoms with Crippen molar-refractivity contribution >= 4 is 24.7 Å². The molecule has 0 N–H and O–H groups in total. The summed E-state index contributed by atoms with van der Waals surface area (Å²) in [6.45, 7) is 1.99. The van der Waals surface area contributed by atoms with E-state index in [2.05, 4.69) is 15.9 Å². The molecule has 3 nitrogen and oxygen atoms in total. The van der Waals surface area contributed by atoms with Gasteiger partial charge in [-0.25, -0.2) is 0 Å². The van der Waals surface area contributed by atoms with Crippen LogP contribution in [0.5, 0.6) is 0 Å². The second kappa shape index (κ2) is 5.26. The summed E-state index contributed by atoms with van der Waals surface area (Å²) in [5.41, 5.74) is 0.467. The Morgan fingerprint density at radius 3 is 1.90 bits per heavy atom. The van der Waals surface area contributed by atoms with Crippen LogP contribution in [-0.4, -0.2) is 28.5 Å². The van der Waals surface area contributed by atoms with Crippen LogP contribution in [0.15, 0.2) is 0 Å². The molecule has 0 aliphatic rings. The smallest absolute Gasteiger partial charge is 0.377 e. The molecule has 0 aromatic carbocycles. The lowest BCUT2D eigenvalue weighted by Gasteiger charge is -2.23. The first-order chi connectivity index (χ1) is 4.74. The summed E-state index contributed by atoms with van der Waals surface area (Å²) >= 11 is 3.16. The van der Waals surface area contributed by atoms with E-state index in [4.69, 9.17) is 13.3 Å². The molecule has 10 heavy (non-hydrogen) atoms. The fraction of sp³-hybridized carbons (Fsp3) is 1.00. The van der Waals surface area contributed by atoms with Gasteiger partial charge >= 0.3 is 8.80 Å². The van der Waals surface area contributed by atoms with Crippen LogP contribution >= 0.6 is 15.9 Å². The molecule has 0 amide bonds. The van der Waals surface area contributed by atoms with Crippen molar-refractivity contribution in [3.05, 3.63) is 0 Å². The lowest BCUT2D eigenvalue weighted by atomic mass is 11.0. The maximum absolute atomic E-state index is 5.29. The maximum Gasteiger partial charge on any atom is 0.500 e. The molecule has 0 fully saturated rings. The molecule has 0 aliphatic carbocycles. The molecule has 62 valence electrons. The minimum atomic E-state index is -2.26. The molecular formula is C5H13BrO3Si. The number of hydrogen-bond acceptors (Lipinski definition) is 3. The predicted octanol–water partition coefficient (Wildman–Crippen LogP) is 1.61. The lowest BCUT2D eigenvalue weighted by Crippen LogP contribution is -2.42. The van der Waals surface area contributed by atoms with Crippen LogP contribution < -0.4 is 0 Å². The molecule has 0 aromatic rings. The van der Waals surface area contributed by atoms with Crippen molar-refractivity contribution in [2.24, 2.45) is 0 Å². The number of halogens is 1. The third-order valence-electron chi connectivity index (χ3n) is 1.33. The number of alkyl halides is 1. The van der Waals surface area contributed by atoms with Gasteiger partial charge < -0.3 is 13.3 Å². The Bertz CT molecular complexity index is 78.7. The van der Waals surface area contributed by atoms with E-state index < -0.39 is 8.80 Å². The van der Waals surface area contributed by atoms with Gasteiger partial charge in [0.2, 0.25) is 0 Å². The summed E-state index contributed by atoms with van der Waals surface area (Å²) in [4.78, 5) is 0. The van der Waals surface area contributed by atoms with Crippen molar-refractivity contribution in [1.29, 1.82) is 0 Å². The van der Waals surface area contributed by atoms with Crippen molar-refractivity contribution in [1.82, 2.24) is 0 Å². The molecular weight excluding hydrogens is 216 g/mol. The van der Waals surface area contributed by atoms with Gasteiger partial charge in [-0.3, -0.25) is 0 Å². The second-order valence-electron chi connectivity index (χ2n) is 1.70. The van der Waals surface area contributed by atoms with Gasteiger partial charge in [0.25, 0.3) is 0 Å². The van der Waals surface area contributed by atoms with Crippen LogP contribution in [0.4, 0.5) is 0 Å². The second-order valence-corrected chi connectivity index (χ2v) is 5.33. The Labute approximate surface area is 71.2 Å². The van der Waals surface area contributed by atoms with E-state index in [1.165, 1.54) is 0 Å². The minimum absolute atomic E-state index is 0.467. The number of rotatable bonds is 5. The van der Waals surface area contributed by atoms with Crippen molar-refractivity contribution in [3.8, 4) is 0 Å². The van der Waals surface area contributed by atoms with Crippen LogP contribution in [0, 0.1) is 0 Å². The number of hydrogen-bond donors (Lipinski definition) is 0. The normalized spacial score (nSPS) is 12.0. The molecule has 0 aromatic heterocycles. The van der Waals surface area contributed by atoms with Crippen LogP contribution in [0.2, 0.25) is 6.04 Å². The van der Waals surface area contributed by atoms with E-state index in [-0.39, 0.29) is 0 Å². The monoisotopic (exact) mass is 228 g/mol. The summed E-state index contributed by atoms with van der Waals surface area (Å²) in [6, 6.07) is 0.797. The Morgan fingerprint density at radius 1 is 1.30 bits per heavy atom. The average Bonchev–Trinajstić information content (AvgIpc) is 2.01. The van der Waals surface area contributed by atoms with Crippen molar-refractivity contribution in [2.45, 2.75) is 13.0 Å². The van der Waals surface area contributed by atoms with Crippen LogP contribution in [0.3, 0.4) is 0 Å². The highest BCUT2D eigenvalue weighted by Crippen LogP contribution is 2.13. The van der Waals surface area contributed by atoms with Crippen LogP contribution in [0.1, 0.15) is 6.92 Å². The van der Waals surface area contributed by atoms with Gasteiger partial charge in [0.1, 0.15) is 0 Å². The summed E-state index contributed by atoms with van der Waals surface area (Å²) in [5.74, 6) is 0. The molecule has 0 radical (unpaired) electrons. The largest absolute Gasteiger partial charge is 0.500 e. The topological polar surface area (TPSA) is 27.7 Å². The van der Waals surface area contributed by atoms with Crippen LogP contribution in [0.25, 0.3) is 0 Å². The Balaban J connectivity index is 3.87. The summed E-state index contributed by atoms with van der Waals surface area (Å²) in [7, 11) is 0.962. The first-order valence-corrected chi connectivity index (χ1v) is 6.10. The zero-order valence-electron chi connectivity index (χ0n) is 6.52. The summed E-state index contributed by atoms with van der Waals surface area (Å²) in [6.07, 6.45) is 0. The van der Waals surface area contributed by atoms with E-state index in [1.54, 1.807) is 14.2 Å². The molecule has 0 heterocycles. The molecule has 0 saturated carbocycles. The highest BCUT2D eigenvalue weighted by molar-refractivity contribution is 9.09. The van der Waals surface area contributed by atoms with Gasteiger partial charge in [-0.1, -0.05) is 22.9 Å². The molecule has 5 heteroatoms. The van der Waals surface area contributed by atoms with Gasteiger partial charge in [0, 0.05) is 20.3 Å². The lowest BCUT2D eigenvalue weighted by molar-refractivity contribution is 0.120. The molecule has 0 rings (SSSR count). The van der Waals surface area contributed by atoms with E-state index >= 15 is 0 Å². The van der Waals surface area contributed by atoms with Gasteiger partial charge in [-0.15, -0.1) is 0 Å². The minimum Gasteiger partial charge on any atom is -0.377 e. The van der Waals surface area contributed by atoms with Gasteiger partial charge in [0.15, 0.2) is 0 Å². The first-order valence-electron chi connectivity index (χ1n) is 3.05. The summed E-state index contributed by atoms with van der Waals surface area (Å²) in [5, 5.41) is 0. The van der Waals surface area contributed by atoms with Crippen LogP contribution in [-0.2, 0) is 13.3 Å². The van der Waals surface area contributed by atoms with Crippen molar-refractivity contribution < 1.29 is 13.3 Å². The molecule has 0 saturated heterocycles. The molecule has 0 unspecified atom stereocenters. The zero-order valence-corrected chi connectivity index (χ0v) is 9.10. The highest BCUT2D eigenvalue weighted by atomic mass is 79.9. The molecule has 0 atom stereocenters. The standard InChI is InChI=1S/C5H13BrO3Si/c1-4-10(7-2,8-3)9-5-6/h4-5H2,1-3H3. The fourth-order valence-electron chi connectivity index (χ4n) is 0.675. The SMILES string of the molecule is CC[Si](OC)(OC)OCBr. The van der Waals surface area contributed by atoms with Gasteiger partial charge in [0.05, 0.1) is 5.52 Å². The van der Waals surface area contributed by atoms with E-state index in [9.17, 15) is 0 Å². The fourth-order valence-corrected chi connectivity index (χ4v) is 3.07. The molecule has 0 spiro atoms. The Kier molecular flexibility index (Phi) is 5.56. The third kappa shape index (κ3) is 2.67. The third-order valence-corrected chi connectivity index (χ3v) is 4.68. The Hall–Kier alpha value is 0.577. The van der Waals surface area contributed by atoms with Gasteiger partial charge in [-0.2, -0.15) is 0 Å². The first kappa shape index (κ1) is 10.6. The average molecular weight is 229 g/mol. The van der Waals surface area contributed by atoms with Gasteiger partial charge in [-0.05, 0) is 0 Å². The summed E-state index contributed by atoms with van der Waals surface area (Å²) < 4.78 is 15.6. The van der Waals surface area contributed by atoms with E-state index in [1.807, 2.05) is 6.92 Å². The maximum atomic E-state index is 5.29. The quantitative estimate of drug-likeness (QED) is 0.529. The van der Waals surface area contributed by atoms with E-state index in [0.29, 0.717) is 5.52 Å². The molecule has 0 aliphatic heterocycles. The zero-order chi connectivity index (χ0) is 8.04. The van der Waals surface area contributed by atoms with E-state index in [0.717, 1.165) is 6.04 Å². The molecule has 0 bridgehead atoms. The Morgan fingerprint density at radius 2 is 1.80 bits per heavy atom. The van der Waals surface area contributed by atoms with Crippen molar-refractivity contribution in [2.75, 3.05) is 19.7 Å². The van der Waals surface area contributed by atoms with Crippen molar-refractivity contribution in [3.63, 3.8) is 0 Å². The predicted molar refractivity (Wildman–Crippen MR) is 45.1 cm³/mol. The highest BCUT2D eigenvalue weighted by Gasteiger charge is 2.36.